The van der Waals surface area contributed by atoms with Crippen molar-refractivity contribution in [3.05, 3.63) is 16.5 Å². The van der Waals surface area contributed by atoms with Crippen molar-refractivity contribution in [1.29, 1.82) is 0 Å². The second kappa shape index (κ2) is 6.01. The molecule has 0 radical (unpaired) electrons. The number of hydrogen-bond acceptors (Lipinski definition) is 4. The van der Waals surface area contributed by atoms with Gasteiger partial charge in [-0.05, 0) is 24.5 Å². The van der Waals surface area contributed by atoms with Crippen molar-refractivity contribution < 1.29 is 13.2 Å². The highest BCUT2D eigenvalue weighted by atomic mass is 35.5. The standard InChI is InChI=1S/C10H15ClN2O3S2/c1-6(2)5-7(10(12)14)13-18(15,16)9-4-3-8(11)17-9/h3-4,6-7,13H,5H2,1-2H3,(H2,12,14)/t7-/m1/s1. The van der Waals surface area contributed by atoms with E-state index in [1.807, 2.05) is 13.8 Å². The molecule has 0 spiro atoms. The topological polar surface area (TPSA) is 89.3 Å². The summed E-state index contributed by atoms with van der Waals surface area (Å²) in [5.74, 6) is -0.535. The largest absolute Gasteiger partial charge is 0.368 e. The Hall–Kier alpha value is -0.630. The highest BCUT2D eigenvalue weighted by Crippen LogP contribution is 2.25. The van der Waals surface area contributed by atoms with E-state index in [4.69, 9.17) is 17.3 Å². The molecular weight excluding hydrogens is 296 g/mol. The lowest BCUT2D eigenvalue weighted by atomic mass is 10.0. The van der Waals surface area contributed by atoms with Gasteiger partial charge in [-0.25, -0.2) is 8.42 Å². The molecule has 0 bridgehead atoms. The van der Waals surface area contributed by atoms with Gasteiger partial charge in [0.25, 0.3) is 10.0 Å². The van der Waals surface area contributed by atoms with Crippen molar-refractivity contribution in [3.63, 3.8) is 0 Å². The van der Waals surface area contributed by atoms with Gasteiger partial charge in [0.15, 0.2) is 0 Å². The molecule has 0 unspecified atom stereocenters. The summed E-state index contributed by atoms with van der Waals surface area (Å²) in [6, 6.07) is 1.97. The van der Waals surface area contributed by atoms with Crippen LogP contribution in [0.1, 0.15) is 20.3 Å². The van der Waals surface area contributed by atoms with E-state index in [2.05, 4.69) is 4.72 Å². The molecule has 1 atom stereocenters. The molecule has 0 aromatic carbocycles. The number of rotatable bonds is 6. The summed E-state index contributed by atoms with van der Waals surface area (Å²) >= 11 is 6.61. The Kier molecular flexibility index (Phi) is 5.15. The number of hydrogen-bond donors (Lipinski definition) is 2. The zero-order valence-corrected chi connectivity index (χ0v) is 12.4. The molecule has 8 heteroatoms. The molecular formula is C10H15ClN2O3S2. The van der Waals surface area contributed by atoms with E-state index in [0.29, 0.717) is 10.8 Å². The van der Waals surface area contributed by atoms with Crippen LogP contribution < -0.4 is 10.5 Å². The van der Waals surface area contributed by atoms with Crippen LogP contribution in [0, 0.1) is 5.92 Å². The summed E-state index contributed by atoms with van der Waals surface area (Å²) in [6.45, 7) is 3.76. The molecule has 0 fully saturated rings. The van der Waals surface area contributed by atoms with E-state index < -0.39 is 22.0 Å². The van der Waals surface area contributed by atoms with E-state index in [0.717, 1.165) is 11.3 Å². The highest BCUT2D eigenvalue weighted by molar-refractivity contribution is 7.91. The number of halogens is 1. The molecule has 0 aliphatic rings. The molecule has 0 saturated heterocycles. The third kappa shape index (κ3) is 4.24. The van der Waals surface area contributed by atoms with Crippen LogP contribution in [0.3, 0.4) is 0 Å². The van der Waals surface area contributed by atoms with Crippen LogP contribution in [0.5, 0.6) is 0 Å². The normalized spacial score (nSPS) is 13.8. The van der Waals surface area contributed by atoms with Crippen molar-refractivity contribution in [3.8, 4) is 0 Å². The van der Waals surface area contributed by atoms with Crippen LogP contribution in [0.4, 0.5) is 0 Å². The molecule has 0 aliphatic heterocycles. The van der Waals surface area contributed by atoms with Crippen LogP contribution in [0.15, 0.2) is 16.3 Å². The van der Waals surface area contributed by atoms with E-state index in [9.17, 15) is 13.2 Å². The van der Waals surface area contributed by atoms with Crippen LogP contribution in [-0.4, -0.2) is 20.4 Å². The summed E-state index contributed by atoms with van der Waals surface area (Å²) in [7, 11) is -3.75. The monoisotopic (exact) mass is 310 g/mol. The number of thiophene rings is 1. The maximum absolute atomic E-state index is 12.0. The number of nitrogens with one attached hydrogen (secondary N) is 1. The molecule has 1 aromatic heterocycles. The van der Waals surface area contributed by atoms with Gasteiger partial charge in [0.1, 0.15) is 10.3 Å². The van der Waals surface area contributed by atoms with Crippen molar-refractivity contribution in [2.45, 2.75) is 30.5 Å². The minimum absolute atomic E-state index is 0.0718. The molecule has 1 aromatic rings. The van der Waals surface area contributed by atoms with Gasteiger partial charge in [-0.15, -0.1) is 11.3 Å². The quantitative estimate of drug-likeness (QED) is 0.836. The second-order valence-corrected chi connectivity index (χ2v) is 7.92. The summed E-state index contributed by atoms with van der Waals surface area (Å²) in [4.78, 5) is 11.2. The second-order valence-electron chi connectivity index (χ2n) is 4.26. The molecule has 18 heavy (non-hydrogen) atoms. The maximum Gasteiger partial charge on any atom is 0.250 e. The van der Waals surface area contributed by atoms with Crippen molar-refractivity contribution >= 4 is 38.9 Å². The number of primary amides is 1. The van der Waals surface area contributed by atoms with Crippen molar-refractivity contribution in [2.24, 2.45) is 11.7 Å². The van der Waals surface area contributed by atoms with Crippen molar-refractivity contribution in [2.75, 3.05) is 0 Å². The molecule has 1 rings (SSSR count). The van der Waals surface area contributed by atoms with E-state index in [-0.39, 0.29) is 10.1 Å². The fourth-order valence-corrected chi connectivity index (χ4v) is 4.10. The molecule has 1 amide bonds. The van der Waals surface area contributed by atoms with E-state index in [1.165, 1.54) is 12.1 Å². The van der Waals surface area contributed by atoms with Gasteiger partial charge in [0, 0.05) is 0 Å². The Morgan fingerprint density at radius 3 is 2.50 bits per heavy atom. The predicted octanol–water partition coefficient (Wildman–Crippen LogP) is 1.58. The number of sulfonamides is 1. The maximum atomic E-state index is 12.0. The summed E-state index contributed by atoms with van der Waals surface area (Å²) < 4.78 is 26.7. The Balaban J connectivity index is 2.89. The number of amides is 1. The summed E-state index contributed by atoms with van der Waals surface area (Å²) in [5.41, 5.74) is 5.19. The van der Waals surface area contributed by atoms with E-state index >= 15 is 0 Å². The Bertz CT molecular complexity index is 525. The lowest BCUT2D eigenvalue weighted by Crippen LogP contribution is -2.44. The Labute approximate surface area is 115 Å². The van der Waals surface area contributed by atoms with Gasteiger partial charge in [0.05, 0.1) is 4.34 Å². The third-order valence-electron chi connectivity index (χ3n) is 2.16. The molecule has 1 heterocycles. The number of carbonyl (C=O) groups excluding carboxylic acids is 1. The van der Waals surface area contributed by atoms with Gasteiger partial charge < -0.3 is 5.73 Å². The average Bonchev–Trinajstić information content (AvgIpc) is 2.63. The first-order chi connectivity index (χ1) is 8.22. The molecule has 3 N–H and O–H groups in total. The zero-order valence-electron chi connectivity index (χ0n) is 10.0. The van der Waals surface area contributed by atoms with Gasteiger partial charge >= 0.3 is 0 Å². The van der Waals surface area contributed by atoms with Crippen LogP contribution in [0.25, 0.3) is 0 Å². The first kappa shape index (κ1) is 15.4. The highest BCUT2D eigenvalue weighted by Gasteiger charge is 2.25. The molecule has 0 saturated carbocycles. The SMILES string of the molecule is CC(C)C[C@@H](NS(=O)(=O)c1ccc(Cl)s1)C(N)=O. The molecule has 0 aliphatic carbocycles. The third-order valence-corrected chi connectivity index (χ3v) is 5.36. The number of nitrogens with two attached hydrogens (primary N) is 1. The van der Waals surface area contributed by atoms with Gasteiger partial charge in [-0.3, -0.25) is 4.79 Å². The first-order valence-electron chi connectivity index (χ1n) is 5.29. The van der Waals surface area contributed by atoms with Crippen molar-refractivity contribution in [1.82, 2.24) is 4.72 Å². The van der Waals surface area contributed by atoms with Gasteiger partial charge in [0.2, 0.25) is 5.91 Å². The Morgan fingerprint density at radius 1 is 1.50 bits per heavy atom. The minimum Gasteiger partial charge on any atom is -0.368 e. The summed E-state index contributed by atoms with van der Waals surface area (Å²) in [5, 5.41) is 0. The zero-order chi connectivity index (χ0) is 13.9. The van der Waals surface area contributed by atoms with Crippen LogP contribution in [0.2, 0.25) is 4.34 Å². The summed E-state index contributed by atoms with van der Waals surface area (Å²) in [6.07, 6.45) is 0.355. The molecule has 102 valence electrons. The lowest BCUT2D eigenvalue weighted by molar-refractivity contribution is -0.119. The van der Waals surface area contributed by atoms with Gasteiger partial charge in [-0.2, -0.15) is 4.72 Å². The fraction of sp³-hybridized carbons (Fsp3) is 0.500. The predicted molar refractivity (Wildman–Crippen MR) is 72.1 cm³/mol. The Morgan fingerprint density at radius 2 is 2.11 bits per heavy atom. The smallest absolute Gasteiger partial charge is 0.250 e. The number of carbonyl (C=O) groups is 1. The van der Waals surface area contributed by atoms with Gasteiger partial charge in [-0.1, -0.05) is 25.4 Å². The fourth-order valence-electron chi connectivity index (χ4n) is 1.38. The van der Waals surface area contributed by atoms with Crippen LogP contribution >= 0.6 is 22.9 Å². The minimum atomic E-state index is -3.75. The van der Waals surface area contributed by atoms with E-state index in [1.54, 1.807) is 0 Å². The first-order valence-corrected chi connectivity index (χ1v) is 7.97. The average molecular weight is 311 g/mol. The molecule has 5 nitrogen and oxygen atoms in total. The van der Waals surface area contributed by atoms with Crippen LogP contribution in [-0.2, 0) is 14.8 Å². The lowest BCUT2D eigenvalue weighted by Gasteiger charge is -2.16.